The number of ether oxygens (including phenoxy) is 1. The quantitative estimate of drug-likeness (QED) is 0.765. The second kappa shape index (κ2) is 9.03. The maximum Gasteiger partial charge on any atom is 0.328 e. The lowest BCUT2D eigenvalue weighted by Gasteiger charge is -2.17. The van der Waals surface area contributed by atoms with Gasteiger partial charge < -0.3 is 10.1 Å². The summed E-state index contributed by atoms with van der Waals surface area (Å²) in [6.45, 7) is 0. The van der Waals surface area contributed by atoms with Crippen molar-refractivity contribution in [2.24, 2.45) is 0 Å². The molecule has 26 heavy (non-hydrogen) atoms. The van der Waals surface area contributed by atoms with Gasteiger partial charge in [0.15, 0.2) is 0 Å². The third-order valence-electron chi connectivity index (χ3n) is 3.83. The topological polar surface area (TPSA) is 55.4 Å². The van der Waals surface area contributed by atoms with Gasteiger partial charge in [-0.25, -0.2) is 18.0 Å². The van der Waals surface area contributed by atoms with Gasteiger partial charge in [-0.2, -0.15) is 0 Å². The standard InChI is InChI=1S/C19H18F3NO3/c1-26-19(25)16(9-5-8-12-6-3-2-4-7-12)23-18(24)17-14(21)10-13(20)11-15(17)22/h2-4,6-7,10-11,16H,5,8-9H2,1H3,(H,23,24)/t16-/m1/s1. The normalized spacial score (nSPS) is 11.7. The Balaban J connectivity index is 2.05. The number of halogens is 3. The molecule has 0 unspecified atom stereocenters. The minimum absolute atomic E-state index is 0.220. The van der Waals surface area contributed by atoms with Gasteiger partial charge in [-0.3, -0.25) is 4.79 Å². The molecule has 0 bridgehead atoms. The van der Waals surface area contributed by atoms with Crippen molar-refractivity contribution in [3.05, 3.63) is 71.0 Å². The summed E-state index contributed by atoms with van der Waals surface area (Å²) in [5, 5.41) is 2.26. The van der Waals surface area contributed by atoms with Crippen LogP contribution in [0.4, 0.5) is 13.2 Å². The molecule has 0 saturated carbocycles. The van der Waals surface area contributed by atoms with Crippen LogP contribution in [-0.4, -0.2) is 25.0 Å². The van der Waals surface area contributed by atoms with E-state index in [1.807, 2.05) is 30.3 Å². The lowest BCUT2D eigenvalue weighted by atomic mass is 10.0. The molecule has 2 aromatic rings. The summed E-state index contributed by atoms with van der Waals surface area (Å²) in [7, 11) is 1.15. The van der Waals surface area contributed by atoms with Crippen LogP contribution in [0, 0.1) is 17.5 Å². The van der Waals surface area contributed by atoms with Gasteiger partial charge in [-0.1, -0.05) is 30.3 Å². The molecule has 2 rings (SSSR count). The van der Waals surface area contributed by atoms with E-state index in [0.29, 0.717) is 25.0 Å². The minimum Gasteiger partial charge on any atom is -0.467 e. The highest BCUT2D eigenvalue weighted by molar-refractivity contribution is 5.97. The second-order valence-corrected chi connectivity index (χ2v) is 5.67. The number of benzene rings is 2. The number of rotatable bonds is 7. The van der Waals surface area contributed by atoms with Crippen molar-refractivity contribution in [2.45, 2.75) is 25.3 Å². The molecule has 2 aromatic carbocycles. The molecule has 1 N–H and O–H groups in total. The first-order chi connectivity index (χ1) is 12.4. The fourth-order valence-corrected chi connectivity index (χ4v) is 2.54. The Morgan fingerprint density at radius 1 is 1.08 bits per heavy atom. The van der Waals surface area contributed by atoms with E-state index in [0.717, 1.165) is 12.7 Å². The molecule has 138 valence electrons. The van der Waals surface area contributed by atoms with Gasteiger partial charge in [-0.05, 0) is 24.8 Å². The third-order valence-corrected chi connectivity index (χ3v) is 3.83. The first-order valence-corrected chi connectivity index (χ1v) is 7.99. The Morgan fingerprint density at radius 3 is 2.27 bits per heavy atom. The van der Waals surface area contributed by atoms with Crippen molar-refractivity contribution in [1.82, 2.24) is 5.32 Å². The highest BCUT2D eigenvalue weighted by atomic mass is 19.1. The van der Waals surface area contributed by atoms with Crippen molar-refractivity contribution in [1.29, 1.82) is 0 Å². The molecule has 0 aliphatic carbocycles. The lowest BCUT2D eigenvalue weighted by molar-refractivity contribution is -0.143. The molecular weight excluding hydrogens is 347 g/mol. The largest absolute Gasteiger partial charge is 0.467 e. The Hall–Kier alpha value is -2.83. The van der Waals surface area contributed by atoms with Crippen LogP contribution in [0.1, 0.15) is 28.8 Å². The number of hydrogen-bond donors (Lipinski definition) is 1. The molecule has 1 amide bonds. The van der Waals surface area contributed by atoms with Crippen molar-refractivity contribution in [3.63, 3.8) is 0 Å². The average molecular weight is 365 g/mol. The van der Waals surface area contributed by atoms with Crippen molar-refractivity contribution in [3.8, 4) is 0 Å². The van der Waals surface area contributed by atoms with Gasteiger partial charge >= 0.3 is 5.97 Å². The summed E-state index contributed by atoms with van der Waals surface area (Å²) in [5.74, 6) is -5.69. The van der Waals surface area contributed by atoms with E-state index in [1.54, 1.807) is 0 Å². The Morgan fingerprint density at radius 2 is 1.69 bits per heavy atom. The van der Waals surface area contributed by atoms with Gasteiger partial charge in [0.1, 0.15) is 29.1 Å². The van der Waals surface area contributed by atoms with E-state index in [1.165, 1.54) is 0 Å². The maximum absolute atomic E-state index is 13.7. The highest BCUT2D eigenvalue weighted by Crippen LogP contribution is 2.16. The van der Waals surface area contributed by atoms with Gasteiger partial charge in [-0.15, -0.1) is 0 Å². The molecule has 0 aliphatic heterocycles. The zero-order valence-corrected chi connectivity index (χ0v) is 14.1. The number of hydrogen-bond acceptors (Lipinski definition) is 3. The Labute approximate surface area is 149 Å². The van der Waals surface area contributed by atoms with Crippen LogP contribution in [0.25, 0.3) is 0 Å². The lowest BCUT2D eigenvalue weighted by Crippen LogP contribution is -2.42. The zero-order valence-electron chi connectivity index (χ0n) is 14.1. The Kier molecular flexibility index (Phi) is 6.77. The minimum atomic E-state index is -1.34. The number of aryl methyl sites for hydroxylation is 1. The van der Waals surface area contributed by atoms with Crippen LogP contribution < -0.4 is 5.32 Å². The number of esters is 1. The smallest absolute Gasteiger partial charge is 0.328 e. The SMILES string of the molecule is COC(=O)[C@@H](CCCc1ccccc1)NC(=O)c1c(F)cc(F)cc1F. The second-order valence-electron chi connectivity index (χ2n) is 5.67. The fraction of sp³-hybridized carbons (Fsp3) is 0.263. The van der Waals surface area contributed by atoms with Crippen molar-refractivity contribution < 1.29 is 27.5 Å². The molecular formula is C19H18F3NO3. The van der Waals surface area contributed by atoms with Gasteiger partial charge in [0, 0.05) is 12.1 Å². The van der Waals surface area contributed by atoms with E-state index in [4.69, 9.17) is 0 Å². The summed E-state index contributed by atoms with van der Waals surface area (Å²) in [6.07, 6.45) is 1.42. The van der Waals surface area contributed by atoms with Crippen LogP contribution in [0.3, 0.4) is 0 Å². The van der Waals surface area contributed by atoms with Gasteiger partial charge in [0.05, 0.1) is 7.11 Å². The molecule has 4 nitrogen and oxygen atoms in total. The highest BCUT2D eigenvalue weighted by Gasteiger charge is 2.25. The summed E-state index contributed by atoms with van der Waals surface area (Å²) < 4.78 is 45.0. The molecule has 0 aromatic heterocycles. The van der Waals surface area contributed by atoms with E-state index in [2.05, 4.69) is 10.1 Å². The van der Waals surface area contributed by atoms with E-state index >= 15 is 0 Å². The van der Waals surface area contributed by atoms with Crippen LogP contribution in [0.15, 0.2) is 42.5 Å². The predicted molar refractivity (Wildman–Crippen MR) is 89.0 cm³/mol. The summed E-state index contributed by atoms with van der Waals surface area (Å²) in [5.41, 5.74) is 0.112. The van der Waals surface area contributed by atoms with Crippen LogP contribution in [-0.2, 0) is 16.0 Å². The molecule has 1 atom stereocenters. The van der Waals surface area contributed by atoms with Gasteiger partial charge in [0.2, 0.25) is 0 Å². The summed E-state index contributed by atoms with van der Waals surface area (Å²) in [6, 6.07) is 9.24. The molecule has 0 saturated heterocycles. The molecule has 0 radical (unpaired) electrons. The number of nitrogens with one attached hydrogen (secondary N) is 1. The first kappa shape index (κ1) is 19.5. The molecule has 0 aliphatic rings. The molecule has 0 heterocycles. The van der Waals surface area contributed by atoms with E-state index in [-0.39, 0.29) is 6.42 Å². The average Bonchev–Trinajstić information content (AvgIpc) is 2.60. The summed E-state index contributed by atoms with van der Waals surface area (Å²) in [4.78, 5) is 24.0. The van der Waals surface area contributed by atoms with Gasteiger partial charge in [0.25, 0.3) is 5.91 Å². The zero-order chi connectivity index (χ0) is 19.1. The number of carbonyl (C=O) groups excluding carboxylic acids is 2. The summed E-state index contributed by atoms with van der Waals surface area (Å²) >= 11 is 0. The van der Waals surface area contributed by atoms with Crippen LogP contribution >= 0.6 is 0 Å². The maximum atomic E-state index is 13.7. The third kappa shape index (κ3) is 5.08. The fourth-order valence-electron chi connectivity index (χ4n) is 2.54. The van der Waals surface area contributed by atoms with Crippen LogP contribution in [0.5, 0.6) is 0 Å². The monoisotopic (exact) mass is 365 g/mol. The number of carbonyl (C=O) groups is 2. The Bertz CT molecular complexity index is 758. The number of methoxy groups -OCH3 is 1. The first-order valence-electron chi connectivity index (χ1n) is 7.99. The van der Waals surface area contributed by atoms with E-state index < -0.39 is 40.9 Å². The molecule has 0 spiro atoms. The van der Waals surface area contributed by atoms with Crippen molar-refractivity contribution >= 4 is 11.9 Å². The van der Waals surface area contributed by atoms with Crippen LogP contribution in [0.2, 0.25) is 0 Å². The number of amides is 1. The molecule has 0 fully saturated rings. The predicted octanol–water partition coefficient (Wildman–Crippen LogP) is 3.40. The van der Waals surface area contributed by atoms with E-state index in [9.17, 15) is 22.8 Å². The molecule has 7 heteroatoms. The van der Waals surface area contributed by atoms with Crippen molar-refractivity contribution in [2.75, 3.05) is 7.11 Å².